The van der Waals surface area contributed by atoms with Gasteiger partial charge in [0.15, 0.2) is 5.65 Å². The van der Waals surface area contributed by atoms with E-state index in [0.717, 1.165) is 0 Å². The molecule has 2 heterocycles. The summed E-state index contributed by atoms with van der Waals surface area (Å²) in [4.78, 5) is 27.3. The fraction of sp³-hybridized carbons (Fsp3) is 0.278. The number of rotatable bonds is 6. The van der Waals surface area contributed by atoms with E-state index in [9.17, 15) is 23.7 Å². The highest BCUT2D eigenvalue weighted by Crippen LogP contribution is 2.31. The minimum absolute atomic E-state index is 0.0219. The van der Waals surface area contributed by atoms with Gasteiger partial charge in [0.05, 0.1) is 29.2 Å². The summed E-state index contributed by atoms with van der Waals surface area (Å²) in [6, 6.07) is 5.28. The molecule has 0 aliphatic carbocycles. The molecule has 0 unspecified atom stereocenters. The van der Waals surface area contributed by atoms with Crippen LogP contribution in [0.3, 0.4) is 0 Å². The zero-order valence-corrected chi connectivity index (χ0v) is 15.8. The van der Waals surface area contributed by atoms with Crippen LogP contribution >= 0.6 is 0 Å². The number of alkyl halides is 2. The summed E-state index contributed by atoms with van der Waals surface area (Å²) in [5.41, 5.74) is 0.255. The second-order valence-corrected chi connectivity index (χ2v) is 6.28. The third-order valence-electron chi connectivity index (χ3n) is 4.24. The number of ether oxygens (including phenoxy) is 1. The van der Waals surface area contributed by atoms with Crippen molar-refractivity contribution >= 4 is 28.3 Å². The van der Waals surface area contributed by atoms with Crippen molar-refractivity contribution in [1.29, 1.82) is 0 Å². The van der Waals surface area contributed by atoms with Gasteiger partial charge < -0.3 is 10.1 Å². The van der Waals surface area contributed by atoms with Gasteiger partial charge in [-0.1, -0.05) is 0 Å². The molecule has 0 spiro atoms. The Bertz CT molecular complexity index is 1110. The largest absolute Gasteiger partial charge is 0.496 e. The Morgan fingerprint density at radius 1 is 1.34 bits per heavy atom. The zero-order valence-electron chi connectivity index (χ0n) is 15.8. The van der Waals surface area contributed by atoms with Gasteiger partial charge in [0.25, 0.3) is 12.1 Å². The lowest BCUT2D eigenvalue weighted by Gasteiger charge is -2.09. The van der Waals surface area contributed by atoms with Crippen LogP contribution in [0.15, 0.2) is 24.3 Å². The number of hydrogen-bond acceptors (Lipinski definition) is 6. The molecule has 0 aliphatic rings. The molecule has 0 saturated heterocycles. The average molecular weight is 405 g/mol. The van der Waals surface area contributed by atoms with Gasteiger partial charge in [-0.15, -0.1) is 0 Å². The van der Waals surface area contributed by atoms with Gasteiger partial charge in [0.1, 0.15) is 18.0 Å². The highest BCUT2D eigenvalue weighted by atomic mass is 19.3. The third-order valence-corrected chi connectivity index (χ3v) is 4.24. The van der Waals surface area contributed by atoms with Gasteiger partial charge in [0, 0.05) is 11.3 Å². The van der Waals surface area contributed by atoms with Crippen LogP contribution in [-0.4, -0.2) is 32.7 Å². The number of nitrogens with zero attached hydrogens (tertiary/aromatic N) is 4. The van der Waals surface area contributed by atoms with Gasteiger partial charge in [-0.3, -0.25) is 14.9 Å². The Morgan fingerprint density at radius 2 is 2.07 bits per heavy atom. The summed E-state index contributed by atoms with van der Waals surface area (Å²) in [6.07, 6.45) is -2.72. The molecule has 0 radical (unpaired) electrons. The standard InChI is InChI=1S/C18H17F2N5O4/c1-9-6-12(17(19)20)16-10(2)23-24(18(16)21-9)8-15(26)22-13-5-4-11(29-3)7-14(13)25(27)28/h4-7,17H,8H2,1-3H3,(H,22,26). The van der Waals surface area contributed by atoms with Gasteiger partial charge >= 0.3 is 0 Å². The van der Waals surface area contributed by atoms with Gasteiger partial charge in [-0.2, -0.15) is 5.10 Å². The number of halogens is 2. The number of hydrogen-bond donors (Lipinski definition) is 1. The lowest BCUT2D eigenvalue weighted by Crippen LogP contribution is -2.20. The van der Waals surface area contributed by atoms with E-state index >= 15 is 0 Å². The normalized spacial score (nSPS) is 11.1. The molecule has 0 aliphatic heterocycles. The van der Waals surface area contributed by atoms with E-state index in [1.165, 1.54) is 36.1 Å². The fourth-order valence-corrected chi connectivity index (χ4v) is 3.02. The maximum atomic E-state index is 13.4. The number of anilines is 1. The average Bonchev–Trinajstić information content (AvgIpc) is 2.96. The molecule has 11 heteroatoms. The van der Waals surface area contributed by atoms with Crippen molar-refractivity contribution < 1.29 is 23.2 Å². The second kappa shape index (κ2) is 7.78. The van der Waals surface area contributed by atoms with Gasteiger partial charge in [-0.25, -0.2) is 18.4 Å². The van der Waals surface area contributed by atoms with Gasteiger partial charge in [0.2, 0.25) is 5.91 Å². The highest BCUT2D eigenvalue weighted by molar-refractivity contribution is 5.94. The quantitative estimate of drug-likeness (QED) is 0.496. The fourth-order valence-electron chi connectivity index (χ4n) is 3.02. The molecular weight excluding hydrogens is 388 g/mol. The molecule has 0 fully saturated rings. The van der Waals surface area contributed by atoms with E-state index in [2.05, 4.69) is 15.4 Å². The molecule has 0 atom stereocenters. The molecule has 9 nitrogen and oxygen atoms in total. The van der Waals surface area contributed by atoms with Crippen LogP contribution < -0.4 is 10.1 Å². The molecule has 0 bridgehead atoms. The van der Waals surface area contributed by atoms with E-state index in [1.807, 2.05) is 0 Å². The number of pyridine rings is 1. The molecule has 3 rings (SSSR count). The van der Waals surface area contributed by atoms with E-state index in [1.54, 1.807) is 13.8 Å². The third kappa shape index (κ3) is 3.98. The topological polar surface area (TPSA) is 112 Å². The first-order chi connectivity index (χ1) is 13.7. The summed E-state index contributed by atoms with van der Waals surface area (Å²) >= 11 is 0. The molecule has 1 N–H and O–H groups in total. The summed E-state index contributed by atoms with van der Waals surface area (Å²) in [5.74, 6) is -0.354. The molecule has 152 valence electrons. The number of carbonyl (C=O) groups is 1. The first kappa shape index (κ1) is 20.1. The van der Waals surface area contributed by atoms with Crippen molar-refractivity contribution in [1.82, 2.24) is 14.8 Å². The number of benzene rings is 1. The Kier molecular flexibility index (Phi) is 5.39. The number of aromatic nitrogens is 3. The molecular formula is C18H17F2N5O4. The first-order valence-corrected chi connectivity index (χ1v) is 8.46. The van der Waals surface area contributed by atoms with Crippen LogP contribution in [0, 0.1) is 24.0 Å². The maximum absolute atomic E-state index is 13.4. The highest BCUT2D eigenvalue weighted by Gasteiger charge is 2.22. The van der Waals surface area contributed by atoms with E-state index < -0.39 is 17.3 Å². The monoisotopic (exact) mass is 405 g/mol. The van der Waals surface area contributed by atoms with E-state index in [4.69, 9.17) is 4.74 Å². The number of nitro benzene ring substituents is 1. The predicted octanol–water partition coefficient (Wildman–Crippen LogP) is 3.54. The molecule has 3 aromatic rings. The molecule has 2 aromatic heterocycles. The maximum Gasteiger partial charge on any atom is 0.296 e. The SMILES string of the molecule is COc1ccc(NC(=O)Cn2nc(C)c3c(C(F)F)cc(C)nc32)c([N+](=O)[O-])c1. The second-order valence-electron chi connectivity index (χ2n) is 6.28. The number of aryl methyl sites for hydroxylation is 2. The lowest BCUT2D eigenvalue weighted by molar-refractivity contribution is -0.384. The number of nitro groups is 1. The van der Waals surface area contributed by atoms with Crippen molar-refractivity contribution in [3.63, 3.8) is 0 Å². The van der Waals surface area contributed by atoms with Gasteiger partial charge in [-0.05, 0) is 32.0 Å². The zero-order chi connectivity index (χ0) is 21.3. The molecule has 1 aromatic carbocycles. The van der Waals surface area contributed by atoms with Crippen LogP contribution in [0.2, 0.25) is 0 Å². The van der Waals surface area contributed by atoms with Crippen molar-refractivity contribution in [2.45, 2.75) is 26.8 Å². The van der Waals surface area contributed by atoms with Crippen molar-refractivity contribution in [3.8, 4) is 5.75 Å². The minimum Gasteiger partial charge on any atom is -0.496 e. The Hall–Kier alpha value is -3.63. The summed E-state index contributed by atoms with van der Waals surface area (Å²) in [6.45, 7) is 2.76. The van der Waals surface area contributed by atoms with E-state index in [-0.39, 0.29) is 40.3 Å². The Labute approximate surface area is 163 Å². The van der Waals surface area contributed by atoms with Crippen molar-refractivity contribution in [3.05, 3.63) is 51.3 Å². The molecule has 29 heavy (non-hydrogen) atoms. The summed E-state index contributed by atoms with van der Waals surface area (Å²) in [5, 5.41) is 18.0. The number of amides is 1. The van der Waals surface area contributed by atoms with Crippen molar-refractivity contribution in [2.75, 3.05) is 12.4 Å². The number of nitrogens with one attached hydrogen (secondary N) is 1. The van der Waals surface area contributed by atoms with Crippen molar-refractivity contribution in [2.24, 2.45) is 0 Å². The summed E-state index contributed by atoms with van der Waals surface area (Å²) in [7, 11) is 1.37. The smallest absolute Gasteiger partial charge is 0.296 e. The first-order valence-electron chi connectivity index (χ1n) is 8.46. The Balaban J connectivity index is 1.93. The summed E-state index contributed by atoms with van der Waals surface area (Å²) < 4.78 is 32.9. The Morgan fingerprint density at radius 3 is 2.69 bits per heavy atom. The lowest BCUT2D eigenvalue weighted by atomic mass is 10.1. The predicted molar refractivity (Wildman–Crippen MR) is 100 cm³/mol. The van der Waals surface area contributed by atoms with Crippen LogP contribution in [0.5, 0.6) is 5.75 Å². The number of methoxy groups -OCH3 is 1. The van der Waals surface area contributed by atoms with Crippen LogP contribution in [0.25, 0.3) is 11.0 Å². The molecule has 0 saturated carbocycles. The molecule has 1 amide bonds. The number of fused-ring (bicyclic) bond motifs is 1. The van der Waals surface area contributed by atoms with Crippen LogP contribution in [0.4, 0.5) is 20.2 Å². The minimum atomic E-state index is -2.72. The van der Waals surface area contributed by atoms with E-state index in [0.29, 0.717) is 11.4 Å². The van der Waals surface area contributed by atoms with Crippen LogP contribution in [0.1, 0.15) is 23.4 Å². The number of carbonyl (C=O) groups excluding carboxylic acids is 1. The van der Waals surface area contributed by atoms with Crippen LogP contribution in [-0.2, 0) is 11.3 Å².